The van der Waals surface area contributed by atoms with Crippen molar-refractivity contribution in [2.24, 2.45) is 10.8 Å². The van der Waals surface area contributed by atoms with Crippen LogP contribution in [0.5, 0.6) is 0 Å². The molecular formula is C19H32O3Si. The highest BCUT2D eigenvalue weighted by atomic mass is 28.4. The fraction of sp³-hybridized carbons (Fsp3) is 0.789. The summed E-state index contributed by atoms with van der Waals surface area (Å²) >= 11 is 0. The SMILES string of the molecule is CC(=O)C1=CC(C)(C)C[C@]12C(=O)CC[C@H]2O[Si](C)(C)C(C)(C)C. The summed E-state index contributed by atoms with van der Waals surface area (Å²) in [5, 5.41) is 0.0913. The third-order valence-electron chi connectivity index (χ3n) is 6.05. The van der Waals surface area contributed by atoms with Gasteiger partial charge in [-0.3, -0.25) is 9.59 Å². The number of Topliss-reactive ketones (excluding diaryl/α,β-unsaturated/α-hetero) is 2. The summed E-state index contributed by atoms with van der Waals surface area (Å²) in [7, 11) is -1.99. The number of hydrogen-bond donors (Lipinski definition) is 0. The largest absolute Gasteiger partial charge is 0.413 e. The Hall–Kier alpha value is -0.743. The van der Waals surface area contributed by atoms with Gasteiger partial charge in [0, 0.05) is 12.0 Å². The number of ketones is 2. The fourth-order valence-electron chi connectivity index (χ4n) is 3.94. The molecule has 0 heterocycles. The van der Waals surface area contributed by atoms with Gasteiger partial charge in [0.25, 0.3) is 0 Å². The smallest absolute Gasteiger partial charge is 0.192 e. The van der Waals surface area contributed by atoms with Crippen LogP contribution in [-0.2, 0) is 14.0 Å². The van der Waals surface area contributed by atoms with Crippen molar-refractivity contribution in [1.29, 1.82) is 0 Å². The van der Waals surface area contributed by atoms with E-state index in [9.17, 15) is 9.59 Å². The highest BCUT2D eigenvalue weighted by Crippen LogP contribution is 2.57. The minimum Gasteiger partial charge on any atom is -0.413 e. The van der Waals surface area contributed by atoms with Gasteiger partial charge in [0.05, 0.1) is 11.5 Å². The van der Waals surface area contributed by atoms with Crippen molar-refractivity contribution in [3.63, 3.8) is 0 Å². The van der Waals surface area contributed by atoms with Gasteiger partial charge in [-0.1, -0.05) is 40.7 Å². The molecule has 0 amide bonds. The van der Waals surface area contributed by atoms with Gasteiger partial charge < -0.3 is 4.43 Å². The zero-order valence-electron chi connectivity index (χ0n) is 16.0. The molecule has 0 aromatic rings. The number of allylic oxidation sites excluding steroid dienone is 1. The highest BCUT2D eigenvalue weighted by Gasteiger charge is 2.60. The lowest BCUT2D eigenvalue weighted by Crippen LogP contribution is -2.50. The average molecular weight is 337 g/mol. The maximum Gasteiger partial charge on any atom is 0.192 e. The van der Waals surface area contributed by atoms with E-state index in [-0.39, 0.29) is 28.1 Å². The first-order valence-corrected chi connectivity index (χ1v) is 11.6. The number of carbonyl (C=O) groups excluding carboxylic acids is 2. The molecule has 2 atom stereocenters. The van der Waals surface area contributed by atoms with Crippen molar-refractivity contribution in [2.75, 3.05) is 0 Å². The predicted octanol–water partition coefficient (Wildman–Crippen LogP) is 4.67. The molecule has 0 aromatic carbocycles. The molecule has 0 aliphatic heterocycles. The summed E-state index contributed by atoms with van der Waals surface area (Å²) in [5.74, 6) is 0.225. The van der Waals surface area contributed by atoms with Gasteiger partial charge in [-0.25, -0.2) is 0 Å². The molecule has 0 N–H and O–H groups in total. The molecule has 3 nitrogen and oxygen atoms in total. The first kappa shape index (κ1) is 18.6. The van der Waals surface area contributed by atoms with E-state index in [0.29, 0.717) is 18.4 Å². The molecule has 0 bridgehead atoms. The van der Waals surface area contributed by atoms with Gasteiger partial charge in [-0.05, 0) is 43.3 Å². The maximum atomic E-state index is 12.9. The lowest BCUT2D eigenvalue weighted by molar-refractivity contribution is -0.129. The third-order valence-corrected chi connectivity index (χ3v) is 10.5. The van der Waals surface area contributed by atoms with Crippen LogP contribution in [0.1, 0.15) is 60.8 Å². The Kier molecular flexibility index (Phi) is 4.35. The van der Waals surface area contributed by atoms with Crippen LogP contribution in [0.15, 0.2) is 11.6 Å². The Morgan fingerprint density at radius 3 is 2.35 bits per heavy atom. The summed E-state index contributed by atoms with van der Waals surface area (Å²) < 4.78 is 6.67. The van der Waals surface area contributed by atoms with Crippen molar-refractivity contribution in [1.82, 2.24) is 0 Å². The van der Waals surface area contributed by atoms with E-state index < -0.39 is 13.7 Å². The molecule has 0 radical (unpaired) electrons. The summed E-state index contributed by atoms with van der Waals surface area (Å²) in [5.41, 5.74) is -0.130. The minimum atomic E-state index is -1.99. The van der Waals surface area contributed by atoms with E-state index in [4.69, 9.17) is 4.43 Å². The van der Waals surface area contributed by atoms with Gasteiger partial charge in [0.15, 0.2) is 14.1 Å². The van der Waals surface area contributed by atoms with E-state index in [1.165, 1.54) is 0 Å². The van der Waals surface area contributed by atoms with Crippen LogP contribution in [0.4, 0.5) is 0 Å². The van der Waals surface area contributed by atoms with Gasteiger partial charge in [0.2, 0.25) is 0 Å². The Labute approximate surface area is 142 Å². The molecule has 0 saturated heterocycles. The van der Waals surface area contributed by atoms with Gasteiger partial charge >= 0.3 is 0 Å². The fourth-order valence-corrected chi connectivity index (χ4v) is 5.32. The van der Waals surface area contributed by atoms with Crippen LogP contribution in [0.2, 0.25) is 18.1 Å². The minimum absolute atomic E-state index is 0.0228. The standard InChI is InChI=1S/C19H32O3Si/c1-13(20)14-11-18(5,6)12-19(14)15(21)9-10-16(19)22-23(7,8)17(2,3)4/h11,16H,9-10,12H2,1-8H3/t16-,19-/m1/s1. The molecule has 4 heteroatoms. The Balaban J connectivity index is 2.45. The molecule has 0 unspecified atom stereocenters. The zero-order chi connectivity index (χ0) is 17.8. The molecule has 2 aliphatic carbocycles. The van der Waals surface area contributed by atoms with Crippen LogP contribution >= 0.6 is 0 Å². The maximum absolute atomic E-state index is 12.9. The van der Waals surface area contributed by atoms with Crippen LogP contribution in [0.3, 0.4) is 0 Å². The second kappa shape index (κ2) is 5.38. The monoisotopic (exact) mass is 336 g/mol. The molecule has 130 valence electrons. The molecule has 1 fully saturated rings. The second-order valence-electron chi connectivity index (χ2n) is 9.58. The van der Waals surface area contributed by atoms with Crippen molar-refractivity contribution < 1.29 is 14.0 Å². The van der Waals surface area contributed by atoms with E-state index in [2.05, 4.69) is 47.7 Å². The van der Waals surface area contributed by atoms with Crippen LogP contribution in [-0.4, -0.2) is 26.0 Å². The first-order valence-electron chi connectivity index (χ1n) is 8.68. The Bertz CT molecular complexity index is 566. The average Bonchev–Trinajstić information content (AvgIpc) is 2.80. The zero-order valence-corrected chi connectivity index (χ0v) is 17.0. The van der Waals surface area contributed by atoms with E-state index in [1.807, 2.05) is 6.08 Å². The van der Waals surface area contributed by atoms with Gasteiger partial charge in [-0.2, -0.15) is 0 Å². The van der Waals surface area contributed by atoms with Crippen LogP contribution in [0.25, 0.3) is 0 Å². The van der Waals surface area contributed by atoms with Crippen LogP contribution in [0, 0.1) is 10.8 Å². The predicted molar refractivity (Wildman–Crippen MR) is 95.9 cm³/mol. The van der Waals surface area contributed by atoms with E-state index in [1.54, 1.807) is 6.92 Å². The molecular weight excluding hydrogens is 304 g/mol. The van der Waals surface area contributed by atoms with Crippen LogP contribution < -0.4 is 0 Å². The first-order chi connectivity index (χ1) is 10.2. The number of hydrogen-bond acceptors (Lipinski definition) is 3. The van der Waals surface area contributed by atoms with E-state index in [0.717, 1.165) is 6.42 Å². The van der Waals surface area contributed by atoms with Crippen molar-refractivity contribution in [3.05, 3.63) is 11.6 Å². The Morgan fingerprint density at radius 1 is 1.30 bits per heavy atom. The molecule has 23 heavy (non-hydrogen) atoms. The van der Waals surface area contributed by atoms with Crippen molar-refractivity contribution in [2.45, 2.75) is 85.0 Å². The summed E-state index contributed by atoms with van der Waals surface area (Å²) in [6, 6.07) is 0. The molecule has 0 aromatic heterocycles. The molecule has 2 aliphatic rings. The van der Waals surface area contributed by atoms with Crippen molar-refractivity contribution in [3.8, 4) is 0 Å². The number of rotatable bonds is 3. The molecule has 1 spiro atoms. The summed E-state index contributed by atoms with van der Waals surface area (Å²) in [6.07, 6.45) is 3.85. The van der Waals surface area contributed by atoms with E-state index >= 15 is 0 Å². The molecule has 2 rings (SSSR count). The van der Waals surface area contributed by atoms with Crippen molar-refractivity contribution >= 4 is 19.9 Å². The quantitative estimate of drug-likeness (QED) is 0.703. The summed E-state index contributed by atoms with van der Waals surface area (Å²) in [6.45, 7) is 16.9. The van der Waals surface area contributed by atoms with Gasteiger partial charge in [-0.15, -0.1) is 0 Å². The molecule has 1 saturated carbocycles. The number of carbonyl (C=O) groups is 2. The topological polar surface area (TPSA) is 43.4 Å². The highest BCUT2D eigenvalue weighted by molar-refractivity contribution is 6.74. The summed E-state index contributed by atoms with van der Waals surface area (Å²) in [4.78, 5) is 25.2. The van der Waals surface area contributed by atoms with Gasteiger partial charge in [0.1, 0.15) is 5.78 Å². The normalized spacial score (nSPS) is 30.9. The second-order valence-corrected chi connectivity index (χ2v) is 14.3. The lowest BCUT2D eigenvalue weighted by atomic mass is 9.72. The lowest BCUT2D eigenvalue weighted by Gasteiger charge is -2.43. The third kappa shape index (κ3) is 3.00. The Morgan fingerprint density at radius 2 is 1.87 bits per heavy atom.